The average Bonchev–Trinajstić information content (AvgIpc) is 2.90. The number of hydrogen-bond donors (Lipinski definition) is 1. The minimum atomic E-state index is 0.473. The normalized spacial score (nSPS) is 45.4. The molecule has 14 heavy (non-hydrogen) atoms. The quantitative estimate of drug-likeness (QED) is 0.638. The number of nitrogens with zero attached hydrogens (tertiary/aromatic N) is 2. The smallest absolute Gasteiger partial charge is 0.0145 e. The second kappa shape index (κ2) is 3.19. The molecular formula is C11H21N3. The molecular weight excluding hydrogens is 174 g/mol. The van der Waals surface area contributed by atoms with Gasteiger partial charge >= 0.3 is 0 Å². The molecule has 0 amide bonds. The number of piperidine rings is 2. The lowest BCUT2D eigenvalue weighted by Crippen LogP contribution is -2.62. The summed E-state index contributed by atoms with van der Waals surface area (Å²) >= 11 is 0. The van der Waals surface area contributed by atoms with Crippen LogP contribution in [0.3, 0.4) is 0 Å². The molecule has 2 N–H and O–H groups in total. The van der Waals surface area contributed by atoms with Gasteiger partial charge in [0, 0.05) is 38.3 Å². The fourth-order valence-corrected chi connectivity index (χ4v) is 3.28. The Labute approximate surface area is 86.2 Å². The molecule has 3 rings (SSSR count). The summed E-state index contributed by atoms with van der Waals surface area (Å²) in [5, 5.41) is 0. The van der Waals surface area contributed by atoms with E-state index in [0.29, 0.717) is 6.04 Å². The lowest BCUT2D eigenvalue weighted by molar-refractivity contribution is 0.0200. The van der Waals surface area contributed by atoms with Crippen molar-refractivity contribution in [2.24, 2.45) is 17.6 Å². The first kappa shape index (κ1) is 9.13. The third-order valence-electron chi connectivity index (χ3n) is 4.18. The van der Waals surface area contributed by atoms with Gasteiger partial charge in [-0.25, -0.2) is 0 Å². The molecule has 2 bridgehead atoms. The zero-order valence-corrected chi connectivity index (χ0v) is 9.02. The lowest BCUT2D eigenvalue weighted by Gasteiger charge is -2.49. The summed E-state index contributed by atoms with van der Waals surface area (Å²) < 4.78 is 0. The maximum absolute atomic E-state index is 6.28. The van der Waals surface area contributed by atoms with E-state index in [1.54, 1.807) is 0 Å². The van der Waals surface area contributed by atoms with Crippen molar-refractivity contribution in [2.45, 2.75) is 24.9 Å². The third kappa shape index (κ3) is 1.47. The number of nitrogens with two attached hydrogens (primary N) is 1. The average molecular weight is 195 g/mol. The minimum absolute atomic E-state index is 0.473. The summed E-state index contributed by atoms with van der Waals surface area (Å²) in [6.07, 6.45) is 2.87. The Morgan fingerprint density at radius 2 is 1.57 bits per heavy atom. The van der Waals surface area contributed by atoms with Gasteiger partial charge in [-0.15, -0.1) is 0 Å². The van der Waals surface area contributed by atoms with Crippen molar-refractivity contribution in [3.63, 3.8) is 0 Å². The van der Waals surface area contributed by atoms with Crippen molar-refractivity contribution >= 4 is 0 Å². The summed E-state index contributed by atoms with van der Waals surface area (Å²) in [4.78, 5) is 5.16. The first-order valence-electron chi connectivity index (χ1n) is 5.92. The zero-order chi connectivity index (χ0) is 9.71. The maximum Gasteiger partial charge on any atom is 0.0145 e. The molecule has 2 heterocycles. The Kier molecular flexibility index (Phi) is 2.08. The van der Waals surface area contributed by atoms with Crippen LogP contribution >= 0.6 is 0 Å². The van der Waals surface area contributed by atoms with Crippen LogP contribution in [0.25, 0.3) is 0 Å². The third-order valence-corrected chi connectivity index (χ3v) is 4.18. The van der Waals surface area contributed by atoms with Gasteiger partial charge in [-0.1, -0.05) is 0 Å². The van der Waals surface area contributed by atoms with E-state index in [4.69, 9.17) is 5.73 Å². The van der Waals surface area contributed by atoms with E-state index >= 15 is 0 Å². The van der Waals surface area contributed by atoms with Gasteiger partial charge < -0.3 is 10.6 Å². The highest BCUT2D eigenvalue weighted by Crippen LogP contribution is 2.34. The lowest BCUT2D eigenvalue weighted by atomic mass is 9.80. The summed E-state index contributed by atoms with van der Waals surface area (Å²) in [6, 6.07) is 1.40. The van der Waals surface area contributed by atoms with E-state index in [0.717, 1.165) is 17.9 Å². The van der Waals surface area contributed by atoms with Crippen LogP contribution < -0.4 is 5.73 Å². The topological polar surface area (TPSA) is 32.5 Å². The van der Waals surface area contributed by atoms with Crippen molar-refractivity contribution in [1.29, 1.82) is 0 Å². The highest BCUT2D eigenvalue weighted by molar-refractivity contribution is 4.99. The van der Waals surface area contributed by atoms with Gasteiger partial charge in [-0.2, -0.15) is 0 Å². The predicted octanol–water partition coefficient (Wildman–Crippen LogP) is -0.0305. The van der Waals surface area contributed by atoms with Crippen LogP contribution in [0.15, 0.2) is 0 Å². The molecule has 2 saturated heterocycles. The van der Waals surface area contributed by atoms with Gasteiger partial charge in [0.05, 0.1) is 0 Å². The fraction of sp³-hybridized carbons (Fsp3) is 1.00. The van der Waals surface area contributed by atoms with E-state index in [-0.39, 0.29) is 0 Å². The van der Waals surface area contributed by atoms with Gasteiger partial charge in [0.2, 0.25) is 0 Å². The van der Waals surface area contributed by atoms with Gasteiger partial charge in [0.15, 0.2) is 0 Å². The Morgan fingerprint density at radius 1 is 1.00 bits per heavy atom. The Balaban J connectivity index is 1.72. The molecule has 0 aromatic carbocycles. The van der Waals surface area contributed by atoms with Crippen molar-refractivity contribution in [2.75, 3.05) is 33.2 Å². The molecule has 3 fully saturated rings. The van der Waals surface area contributed by atoms with Gasteiger partial charge in [0.1, 0.15) is 0 Å². The number of fused-ring (bicyclic) bond motifs is 2. The van der Waals surface area contributed by atoms with Crippen LogP contribution in [-0.4, -0.2) is 55.1 Å². The Hall–Kier alpha value is -0.120. The van der Waals surface area contributed by atoms with Crippen LogP contribution in [-0.2, 0) is 0 Å². The van der Waals surface area contributed by atoms with Crippen molar-refractivity contribution < 1.29 is 0 Å². The fourth-order valence-electron chi connectivity index (χ4n) is 3.28. The maximum atomic E-state index is 6.28. The van der Waals surface area contributed by atoms with Crippen LogP contribution in [0.1, 0.15) is 12.8 Å². The number of hydrogen-bond acceptors (Lipinski definition) is 3. The standard InChI is InChI=1S/C11H21N3/c1-13-4-8-6-14(10-2-3-10)7-9(5-13)11(8)12/h8-11H,2-7,12H2,1H3. The van der Waals surface area contributed by atoms with Gasteiger partial charge in [-0.05, 0) is 31.7 Å². The number of likely N-dealkylation sites (tertiary alicyclic amines) is 2. The minimum Gasteiger partial charge on any atom is -0.327 e. The summed E-state index contributed by atoms with van der Waals surface area (Å²) in [6.45, 7) is 4.93. The molecule has 0 spiro atoms. The van der Waals surface area contributed by atoms with Gasteiger partial charge in [0.25, 0.3) is 0 Å². The predicted molar refractivity (Wildman–Crippen MR) is 57.0 cm³/mol. The van der Waals surface area contributed by atoms with Crippen molar-refractivity contribution in [1.82, 2.24) is 9.80 Å². The summed E-state index contributed by atoms with van der Waals surface area (Å²) in [5.74, 6) is 1.46. The Bertz CT molecular complexity index is 211. The van der Waals surface area contributed by atoms with Crippen molar-refractivity contribution in [3.8, 4) is 0 Å². The van der Waals surface area contributed by atoms with Crippen LogP contribution in [0.4, 0.5) is 0 Å². The first-order valence-corrected chi connectivity index (χ1v) is 5.92. The second-order valence-corrected chi connectivity index (χ2v) is 5.50. The Morgan fingerprint density at radius 3 is 2.07 bits per heavy atom. The monoisotopic (exact) mass is 195 g/mol. The molecule has 1 saturated carbocycles. The first-order chi connectivity index (χ1) is 6.74. The molecule has 2 unspecified atom stereocenters. The summed E-state index contributed by atoms with van der Waals surface area (Å²) in [5.41, 5.74) is 6.28. The molecule has 0 aromatic rings. The van der Waals surface area contributed by atoms with Crippen LogP contribution in [0, 0.1) is 11.8 Å². The molecule has 80 valence electrons. The van der Waals surface area contributed by atoms with Gasteiger partial charge in [-0.3, -0.25) is 4.90 Å². The molecule has 2 atom stereocenters. The second-order valence-electron chi connectivity index (χ2n) is 5.50. The molecule has 0 aromatic heterocycles. The highest BCUT2D eigenvalue weighted by atomic mass is 15.2. The largest absolute Gasteiger partial charge is 0.327 e. The SMILES string of the molecule is CN1CC2CN(C3CC3)CC(C1)C2N. The molecule has 3 heteroatoms. The molecule has 3 aliphatic rings. The highest BCUT2D eigenvalue weighted by Gasteiger charge is 2.43. The van der Waals surface area contributed by atoms with E-state index in [9.17, 15) is 0 Å². The van der Waals surface area contributed by atoms with E-state index in [1.807, 2.05) is 0 Å². The van der Waals surface area contributed by atoms with Crippen LogP contribution in [0.5, 0.6) is 0 Å². The molecule has 2 aliphatic heterocycles. The molecule has 3 nitrogen and oxygen atoms in total. The summed E-state index contributed by atoms with van der Waals surface area (Å²) in [7, 11) is 2.23. The van der Waals surface area contributed by atoms with E-state index in [2.05, 4.69) is 16.8 Å². The van der Waals surface area contributed by atoms with Crippen LogP contribution in [0.2, 0.25) is 0 Å². The van der Waals surface area contributed by atoms with Crippen molar-refractivity contribution in [3.05, 3.63) is 0 Å². The van der Waals surface area contributed by atoms with E-state index in [1.165, 1.54) is 39.0 Å². The number of rotatable bonds is 1. The zero-order valence-electron chi connectivity index (χ0n) is 9.02. The molecule has 0 radical (unpaired) electrons. The molecule has 1 aliphatic carbocycles. The van der Waals surface area contributed by atoms with E-state index < -0.39 is 0 Å².